The number of hydrogen-bond donors (Lipinski definition) is 5. The minimum atomic E-state index is -0.253. The van der Waals surface area contributed by atoms with E-state index in [1.54, 1.807) is 4.90 Å². The first-order valence-electron chi connectivity index (χ1n) is 3.78. The molecule has 84 valence electrons. The van der Waals surface area contributed by atoms with Gasteiger partial charge in [0.15, 0.2) is 5.96 Å². The molecule has 0 aliphatic carbocycles. The number of nitrogens with zero attached hydrogens (tertiary/aromatic N) is 1. The van der Waals surface area contributed by atoms with Crippen molar-refractivity contribution in [1.29, 1.82) is 10.8 Å². The van der Waals surface area contributed by atoms with Gasteiger partial charge < -0.3 is 21.7 Å². The zero-order chi connectivity index (χ0) is 9.14. The highest BCUT2D eigenvalue weighted by Gasteiger charge is 2.24. The molecule has 0 saturated carbocycles. The van der Waals surface area contributed by atoms with E-state index in [1.165, 1.54) is 0 Å². The molecule has 1 fully saturated rings. The van der Waals surface area contributed by atoms with Crippen molar-refractivity contribution in [3.63, 3.8) is 0 Å². The van der Waals surface area contributed by atoms with Crippen LogP contribution in [-0.2, 0) is 0 Å². The van der Waals surface area contributed by atoms with Gasteiger partial charge in [-0.3, -0.25) is 10.8 Å². The number of rotatable bonds is 1. The van der Waals surface area contributed by atoms with Crippen LogP contribution in [0.25, 0.3) is 0 Å². The second-order valence-electron chi connectivity index (χ2n) is 2.75. The Balaban J connectivity index is 0. The van der Waals surface area contributed by atoms with Gasteiger partial charge >= 0.3 is 0 Å². The molecule has 7 N–H and O–H groups in total. The highest BCUT2D eigenvalue weighted by atomic mass is 35.5. The molecule has 14 heavy (non-hydrogen) atoms. The summed E-state index contributed by atoms with van der Waals surface area (Å²) >= 11 is 0. The molecule has 6 nitrogen and oxygen atoms in total. The average molecular weight is 243 g/mol. The lowest BCUT2D eigenvalue weighted by molar-refractivity contribution is 0.306. The molecule has 0 amide bonds. The number of hydrogen-bond acceptors (Lipinski definition) is 3. The Labute approximate surface area is 95.2 Å². The molecular formula is C6H16Cl2N6. The van der Waals surface area contributed by atoms with Crippen molar-refractivity contribution < 1.29 is 0 Å². The number of guanidine groups is 1. The van der Waals surface area contributed by atoms with Crippen molar-refractivity contribution in [1.82, 2.24) is 10.2 Å². The topological polar surface area (TPSA) is 115 Å². The minimum absolute atomic E-state index is 0. The molecule has 8 heteroatoms. The van der Waals surface area contributed by atoms with E-state index in [0.29, 0.717) is 13.1 Å². The van der Waals surface area contributed by atoms with Crippen LogP contribution in [-0.4, -0.2) is 42.4 Å². The number of amidine groups is 1. The van der Waals surface area contributed by atoms with Gasteiger partial charge in [-0.2, -0.15) is 0 Å². The van der Waals surface area contributed by atoms with Gasteiger partial charge in [0.2, 0.25) is 0 Å². The first-order valence-corrected chi connectivity index (χ1v) is 3.78. The molecule has 1 atom stereocenters. The van der Waals surface area contributed by atoms with Gasteiger partial charge in [-0.25, -0.2) is 0 Å². The molecule has 1 heterocycles. The SMILES string of the molecule is Cl.Cl.N=C(N)C1CNCCN1C(=N)N. The summed E-state index contributed by atoms with van der Waals surface area (Å²) in [6.07, 6.45) is 0. The number of nitrogens with one attached hydrogen (secondary N) is 3. The predicted molar refractivity (Wildman–Crippen MR) is 61.7 cm³/mol. The average Bonchev–Trinajstić information content (AvgIpc) is 2.04. The van der Waals surface area contributed by atoms with E-state index in [1.807, 2.05) is 0 Å². The molecule has 1 unspecified atom stereocenters. The summed E-state index contributed by atoms with van der Waals surface area (Å²) in [7, 11) is 0. The van der Waals surface area contributed by atoms with Gasteiger partial charge in [0.05, 0.1) is 0 Å². The van der Waals surface area contributed by atoms with Crippen molar-refractivity contribution in [3.8, 4) is 0 Å². The Morgan fingerprint density at radius 1 is 1.29 bits per heavy atom. The molecule has 0 aromatic carbocycles. The van der Waals surface area contributed by atoms with Gasteiger partial charge in [-0.1, -0.05) is 0 Å². The molecule has 1 aliphatic rings. The number of nitrogens with two attached hydrogens (primary N) is 2. The van der Waals surface area contributed by atoms with E-state index in [9.17, 15) is 0 Å². The maximum absolute atomic E-state index is 7.26. The summed E-state index contributed by atoms with van der Waals surface area (Å²) in [6.45, 7) is 2.01. The van der Waals surface area contributed by atoms with Crippen LogP contribution in [0.3, 0.4) is 0 Å². The highest BCUT2D eigenvalue weighted by molar-refractivity contribution is 5.88. The van der Waals surface area contributed by atoms with Crippen molar-refractivity contribution in [2.45, 2.75) is 6.04 Å². The fourth-order valence-corrected chi connectivity index (χ4v) is 1.27. The summed E-state index contributed by atoms with van der Waals surface area (Å²) in [5, 5.41) is 17.6. The lowest BCUT2D eigenvalue weighted by Crippen LogP contribution is -2.60. The number of piperazine rings is 1. The van der Waals surface area contributed by atoms with Crippen LogP contribution >= 0.6 is 24.8 Å². The van der Waals surface area contributed by atoms with E-state index in [0.717, 1.165) is 6.54 Å². The lowest BCUT2D eigenvalue weighted by Gasteiger charge is -2.35. The fourth-order valence-electron chi connectivity index (χ4n) is 1.27. The van der Waals surface area contributed by atoms with Crippen LogP contribution in [0.1, 0.15) is 0 Å². The zero-order valence-corrected chi connectivity index (χ0v) is 9.25. The normalized spacial score (nSPS) is 20.3. The zero-order valence-electron chi connectivity index (χ0n) is 7.62. The second kappa shape index (κ2) is 6.69. The van der Waals surface area contributed by atoms with Crippen LogP contribution in [0.5, 0.6) is 0 Å². The Morgan fingerprint density at radius 3 is 2.21 bits per heavy atom. The molecule has 1 aliphatic heterocycles. The molecule has 0 radical (unpaired) electrons. The third-order valence-electron chi connectivity index (χ3n) is 1.91. The molecule has 0 aromatic rings. The Bertz CT molecular complexity index is 186. The Morgan fingerprint density at radius 2 is 1.86 bits per heavy atom. The van der Waals surface area contributed by atoms with Gasteiger partial charge in [-0.15, -0.1) is 24.8 Å². The molecule has 1 saturated heterocycles. The maximum atomic E-state index is 7.26. The van der Waals surface area contributed by atoms with Crippen LogP contribution in [0, 0.1) is 10.8 Å². The third-order valence-corrected chi connectivity index (χ3v) is 1.91. The van der Waals surface area contributed by atoms with E-state index in [4.69, 9.17) is 22.3 Å². The van der Waals surface area contributed by atoms with E-state index in [2.05, 4.69) is 5.32 Å². The summed E-state index contributed by atoms with van der Waals surface area (Å²) in [5.74, 6) is 0.0362. The first-order chi connectivity index (χ1) is 5.63. The monoisotopic (exact) mass is 242 g/mol. The van der Waals surface area contributed by atoms with Crippen molar-refractivity contribution in [2.24, 2.45) is 11.5 Å². The number of halogens is 2. The molecular weight excluding hydrogens is 227 g/mol. The maximum Gasteiger partial charge on any atom is 0.189 e. The van der Waals surface area contributed by atoms with E-state index < -0.39 is 0 Å². The summed E-state index contributed by atoms with van der Waals surface area (Å²) in [4.78, 5) is 1.62. The second-order valence-corrected chi connectivity index (χ2v) is 2.75. The quantitative estimate of drug-likeness (QED) is 0.298. The Kier molecular flexibility index (Phi) is 7.52. The predicted octanol–water partition coefficient (Wildman–Crippen LogP) is -1.07. The minimum Gasteiger partial charge on any atom is -0.386 e. The van der Waals surface area contributed by atoms with Crippen molar-refractivity contribution >= 4 is 36.6 Å². The van der Waals surface area contributed by atoms with Gasteiger partial charge in [-0.05, 0) is 0 Å². The van der Waals surface area contributed by atoms with E-state index >= 15 is 0 Å². The molecule has 1 rings (SSSR count). The van der Waals surface area contributed by atoms with Crippen LogP contribution < -0.4 is 16.8 Å². The Hall–Kier alpha value is -0.720. The van der Waals surface area contributed by atoms with Gasteiger partial charge in [0, 0.05) is 19.6 Å². The van der Waals surface area contributed by atoms with Gasteiger partial charge in [0.1, 0.15) is 11.9 Å². The first kappa shape index (κ1) is 15.7. The largest absolute Gasteiger partial charge is 0.386 e. The highest BCUT2D eigenvalue weighted by Crippen LogP contribution is 2.00. The summed E-state index contributed by atoms with van der Waals surface area (Å²) in [5.41, 5.74) is 10.7. The summed E-state index contributed by atoms with van der Waals surface area (Å²) in [6, 6.07) is -0.253. The fraction of sp³-hybridized carbons (Fsp3) is 0.667. The standard InChI is InChI=1S/C6H14N6.2ClH/c7-5(8)4-3-11-1-2-12(4)6(9)10;;/h4,11H,1-3H2,(H3,7,8)(H3,9,10);2*1H. The van der Waals surface area contributed by atoms with E-state index in [-0.39, 0.29) is 42.7 Å². The smallest absolute Gasteiger partial charge is 0.189 e. The molecule has 0 spiro atoms. The van der Waals surface area contributed by atoms with Crippen molar-refractivity contribution in [3.05, 3.63) is 0 Å². The third kappa shape index (κ3) is 3.57. The van der Waals surface area contributed by atoms with Crippen LogP contribution in [0.15, 0.2) is 0 Å². The van der Waals surface area contributed by atoms with Crippen molar-refractivity contribution in [2.75, 3.05) is 19.6 Å². The molecule has 0 bridgehead atoms. The lowest BCUT2D eigenvalue weighted by atomic mass is 10.2. The molecule has 0 aromatic heterocycles. The summed E-state index contributed by atoms with van der Waals surface area (Å²) < 4.78 is 0. The van der Waals surface area contributed by atoms with Crippen LogP contribution in [0.2, 0.25) is 0 Å². The van der Waals surface area contributed by atoms with Crippen LogP contribution in [0.4, 0.5) is 0 Å². The van der Waals surface area contributed by atoms with Gasteiger partial charge in [0.25, 0.3) is 0 Å².